The molecule has 0 aliphatic carbocycles. The molecule has 2 heteroatoms. The van der Waals surface area contributed by atoms with E-state index < -0.39 is 0 Å². The number of hydrogen-bond acceptors (Lipinski definition) is 1. The van der Waals surface area contributed by atoms with E-state index in [1.54, 1.807) is 0 Å². The van der Waals surface area contributed by atoms with Crippen LogP contribution in [0.1, 0.15) is 11.3 Å². The van der Waals surface area contributed by atoms with Gasteiger partial charge >= 0.3 is 0 Å². The van der Waals surface area contributed by atoms with Gasteiger partial charge in [0.25, 0.3) is 0 Å². The van der Waals surface area contributed by atoms with Crippen LogP contribution in [-0.4, -0.2) is 4.98 Å². The SMILES string of the molecule is Pc1cc2ccccc2c(Cc2ccccc2)n1. The van der Waals surface area contributed by atoms with Crippen LogP contribution >= 0.6 is 9.24 Å². The Morgan fingerprint density at radius 1 is 0.889 bits per heavy atom. The van der Waals surface area contributed by atoms with Crippen LogP contribution in [0.4, 0.5) is 0 Å². The largest absolute Gasteiger partial charge is 0.253 e. The molecule has 0 aliphatic rings. The van der Waals surface area contributed by atoms with Gasteiger partial charge in [-0.25, -0.2) is 0 Å². The molecule has 0 saturated heterocycles. The summed E-state index contributed by atoms with van der Waals surface area (Å²) in [6.07, 6.45) is 0.879. The molecule has 88 valence electrons. The number of rotatable bonds is 2. The van der Waals surface area contributed by atoms with Crippen LogP contribution in [0.2, 0.25) is 0 Å². The van der Waals surface area contributed by atoms with Crippen molar-refractivity contribution in [3.63, 3.8) is 0 Å². The molecule has 0 N–H and O–H groups in total. The van der Waals surface area contributed by atoms with Gasteiger partial charge in [-0.2, -0.15) is 0 Å². The molecule has 0 amide bonds. The summed E-state index contributed by atoms with van der Waals surface area (Å²) in [6.45, 7) is 0. The summed E-state index contributed by atoms with van der Waals surface area (Å²) in [6, 6.07) is 21.0. The predicted molar refractivity (Wildman–Crippen MR) is 80.3 cm³/mol. The summed E-state index contributed by atoms with van der Waals surface area (Å²) in [5.41, 5.74) is 3.44. The summed E-state index contributed by atoms with van der Waals surface area (Å²) in [4.78, 5) is 4.66. The van der Waals surface area contributed by atoms with Crippen molar-refractivity contribution in [2.75, 3.05) is 0 Å². The second kappa shape index (κ2) is 4.88. The van der Waals surface area contributed by atoms with Crippen LogP contribution < -0.4 is 5.44 Å². The van der Waals surface area contributed by atoms with Gasteiger partial charge in [-0.1, -0.05) is 63.8 Å². The van der Waals surface area contributed by atoms with Crippen molar-refractivity contribution in [3.8, 4) is 0 Å². The quantitative estimate of drug-likeness (QED) is 0.637. The molecule has 0 radical (unpaired) electrons. The Kier molecular flexibility index (Phi) is 3.08. The van der Waals surface area contributed by atoms with Crippen molar-refractivity contribution < 1.29 is 0 Å². The second-order valence-electron chi connectivity index (χ2n) is 4.38. The lowest BCUT2D eigenvalue weighted by molar-refractivity contribution is 1.12. The lowest BCUT2D eigenvalue weighted by atomic mass is 10.0. The van der Waals surface area contributed by atoms with E-state index in [0.29, 0.717) is 0 Å². The molecule has 2 aromatic carbocycles. The van der Waals surface area contributed by atoms with Crippen molar-refractivity contribution in [1.29, 1.82) is 0 Å². The Morgan fingerprint density at radius 2 is 1.61 bits per heavy atom. The van der Waals surface area contributed by atoms with E-state index in [2.05, 4.69) is 68.8 Å². The summed E-state index contributed by atoms with van der Waals surface area (Å²) in [5.74, 6) is 0. The number of hydrogen-bond donors (Lipinski definition) is 0. The zero-order chi connectivity index (χ0) is 12.4. The van der Waals surface area contributed by atoms with Crippen molar-refractivity contribution in [2.24, 2.45) is 0 Å². The molecular weight excluding hydrogens is 237 g/mol. The Morgan fingerprint density at radius 3 is 2.44 bits per heavy atom. The number of nitrogens with zero attached hydrogens (tertiary/aromatic N) is 1. The number of fused-ring (bicyclic) bond motifs is 1. The minimum atomic E-state index is 0.879. The standard InChI is InChI=1S/C16H14NP/c18-16-11-13-8-4-5-9-14(13)15(17-16)10-12-6-2-1-3-7-12/h1-9,11H,10,18H2. The molecular formula is C16H14NP. The normalized spacial score (nSPS) is 10.7. The molecule has 18 heavy (non-hydrogen) atoms. The highest BCUT2D eigenvalue weighted by molar-refractivity contribution is 7.27. The summed E-state index contributed by atoms with van der Waals surface area (Å²) >= 11 is 0. The van der Waals surface area contributed by atoms with Gasteiger partial charge < -0.3 is 0 Å². The van der Waals surface area contributed by atoms with E-state index in [9.17, 15) is 0 Å². The first-order valence-electron chi connectivity index (χ1n) is 6.01. The van der Waals surface area contributed by atoms with Crippen LogP contribution in [0.5, 0.6) is 0 Å². The maximum absolute atomic E-state index is 4.66. The van der Waals surface area contributed by atoms with Gasteiger partial charge in [0.15, 0.2) is 0 Å². The zero-order valence-electron chi connectivity index (χ0n) is 10.0. The van der Waals surface area contributed by atoms with Gasteiger partial charge in [0.2, 0.25) is 0 Å². The molecule has 0 fully saturated rings. The van der Waals surface area contributed by atoms with Crippen molar-refractivity contribution in [1.82, 2.24) is 4.98 Å². The molecule has 1 nitrogen and oxygen atoms in total. The number of pyridine rings is 1. The first-order valence-corrected chi connectivity index (χ1v) is 6.59. The third-order valence-corrected chi connectivity index (χ3v) is 3.35. The van der Waals surface area contributed by atoms with Gasteiger partial charge in [0.1, 0.15) is 0 Å². The molecule has 1 heterocycles. The lowest BCUT2D eigenvalue weighted by Crippen LogP contribution is -2.04. The Bertz CT molecular complexity index is 677. The van der Waals surface area contributed by atoms with Crippen LogP contribution in [-0.2, 0) is 6.42 Å². The van der Waals surface area contributed by atoms with Crippen molar-refractivity contribution in [2.45, 2.75) is 6.42 Å². The first kappa shape index (κ1) is 11.4. The topological polar surface area (TPSA) is 12.9 Å². The van der Waals surface area contributed by atoms with E-state index in [1.807, 2.05) is 6.07 Å². The highest BCUT2D eigenvalue weighted by Crippen LogP contribution is 2.19. The van der Waals surface area contributed by atoms with Gasteiger partial charge in [0.05, 0.1) is 11.1 Å². The van der Waals surface area contributed by atoms with Crippen molar-refractivity contribution >= 4 is 25.4 Å². The Hall–Kier alpha value is -1.72. The monoisotopic (exact) mass is 251 g/mol. The van der Waals surface area contributed by atoms with Gasteiger partial charge in [0, 0.05) is 11.8 Å². The van der Waals surface area contributed by atoms with Gasteiger partial charge in [-0.05, 0) is 17.0 Å². The summed E-state index contributed by atoms with van der Waals surface area (Å²) < 4.78 is 0. The Labute approximate surface area is 109 Å². The third-order valence-electron chi connectivity index (χ3n) is 3.05. The van der Waals surface area contributed by atoms with Gasteiger partial charge in [-0.3, -0.25) is 4.98 Å². The maximum Gasteiger partial charge on any atom is 0.0578 e. The average molecular weight is 251 g/mol. The predicted octanol–water partition coefficient (Wildman–Crippen LogP) is 3.33. The Balaban J connectivity index is 2.11. The minimum absolute atomic E-state index is 0.879. The highest BCUT2D eigenvalue weighted by atomic mass is 31.0. The number of aromatic nitrogens is 1. The third kappa shape index (κ3) is 2.27. The van der Waals surface area contributed by atoms with Crippen molar-refractivity contribution in [3.05, 3.63) is 71.9 Å². The molecule has 0 aliphatic heterocycles. The molecule has 0 spiro atoms. The van der Waals surface area contributed by atoms with E-state index in [1.165, 1.54) is 16.3 Å². The van der Waals surface area contributed by atoms with E-state index in [-0.39, 0.29) is 0 Å². The summed E-state index contributed by atoms with van der Waals surface area (Å²) in [5, 5.41) is 2.50. The maximum atomic E-state index is 4.66. The fourth-order valence-corrected chi connectivity index (χ4v) is 2.55. The van der Waals surface area contributed by atoms with E-state index >= 15 is 0 Å². The summed E-state index contributed by atoms with van der Waals surface area (Å²) in [7, 11) is 2.69. The fourth-order valence-electron chi connectivity index (χ4n) is 2.22. The van der Waals surface area contributed by atoms with E-state index in [4.69, 9.17) is 0 Å². The lowest BCUT2D eigenvalue weighted by Gasteiger charge is -2.07. The zero-order valence-corrected chi connectivity index (χ0v) is 11.2. The van der Waals surface area contributed by atoms with Crippen LogP contribution in [0.3, 0.4) is 0 Å². The molecule has 1 aromatic heterocycles. The molecule has 0 saturated carbocycles. The smallest absolute Gasteiger partial charge is 0.0578 e. The molecule has 1 atom stereocenters. The molecule has 3 aromatic rings. The molecule has 1 unspecified atom stereocenters. The molecule has 0 bridgehead atoms. The van der Waals surface area contributed by atoms with Gasteiger partial charge in [-0.15, -0.1) is 0 Å². The van der Waals surface area contributed by atoms with Crippen LogP contribution in [0, 0.1) is 0 Å². The van der Waals surface area contributed by atoms with Crippen LogP contribution in [0.25, 0.3) is 10.8 Å². The van der Waals surface area contributed by atoms with E-state index in [0.717, 1.165) is 17.5 Å². The molecule has 3 rings (SSSR count). The minimum Gasteiger partial charge on any atom is -0.253 e. The highest BCUT2D eigenvalue weighted by Gasteiger charge is 2.04. The average Bonchev–Trinajstić information content (AvgIpc) is 2.40. The number of benzene rings is 2. The van der Waals surface area contributed by atoms with Crippen LogP contribution in [0.15, 0.2) is 60.7 Å². The first-order chi connectivity index (χ1) is 8.83. The fraction of sp³-hybridized carbons (Fsp3) is 0.0625. The second-order valence-corrected chi connectivity index (χ2v) is 4.97.